The van der Waals surface area contributed by atoms with Gasteiger partial charge in [-0.2, -0.15) is 9.97 Å². The average Bonchev–Trinajstić information content (AvgIpc) is 3.66. The van der Waals surface area contributed by atoms with Gasteiger partial charge in [0.1, 0.15) is 17.9 Å². The molecule has 3 aliphatic rings. The zero-order valence-corrected chi connectivity index (χ0v) is 23.4. The number of piperidine rings is 1. The summed E-state index contributed by atoms with van der Waals surface area (Å²) in [5.41, 5.74) is 7.69. The molecule has 0 spiro atoms. The van der Waals surface area contributed by atoms with Gasteiger partial charge in [-0.15, -0.1) is 0 Å². The fourth-order valence-electron chi connectivity index (χ4n) is 6.47. The van der Waals surface area contributed by atoms with Gasteiger partial charge < -0.3 is 25.6 Å². The quantitative estimate of drug-likeness (QED) is 0.355. The molecule has 11 heteroatoms. The maximum Gasteiger partial charge on any atom is 0.319 e. The number of nitrogens with zero attached hydrogens (tertiary/aromatic N) is 5. The van der Waals surface area contributed by atoms with Crippen LogP contribution in [0.15, 0.2) is 24.3 Å². The van der Waals surface area contributed by atoms with E-state index in [1.807, 2.05) is 18.2 Å². The second kappa shape index (κ2) is 9.99. The van der Waals surface area contributed by atoms with Crippen LogP contribution in [0.5, 0.6) is 6.01 Å². The van der Waals surface area contributed by atoms with Crippen molar-refractivity contribution >= 4 is 55.0 Å². The van der Waals surface area contributed by atoms with Gasteiger partial charge in [0, 0.05) is 35.6 Å². The Labute approximate surface area is 235 Å². The standard InChI is InChI=1S/C28H31ClFN7OS/c1-36-8-3-4-17(36)14-38-28-34-25-19(26(35-28)37-9-7-15-11-32-12-16(15)13-37)10-20(29)22(23(25)30)18-5-2-6-21-24(18)33-27(31)39-21/h2,5-6,10,15-17,32H,3-4,7-9,11-14H2,1H3,(H2,31,33)/t15?,16?,17-/m0/s1. The summed E-state index contributed by atoms with van der Waals surface area (Å²) in [7, 11) is 2.10. The third-order valence-electron chi connectivity index (χ3n) is 8.63. The molecule has 39 heavy (non-hydrogen) atoms. The van der Waals surface area contributed by atoms with Crippen molar-refractivity contribution < 1.29 is 9.13 Å². The van der Waals surface area contributed by atoms with Gasteiger partial charge in [-0.1, -0.05) is 35.1 Å². The number of hydrogen-bond acceptors (Lipinski definition) is 9. The first-order chi connectivity index (χ1) is 19.0. The minimum atomic E-state index is -0.500. The maximum atomic E-state index is 16.6. The summed E-state index contributed by atoms with van der Waals surface area (Å²) in [5, 5.41) is 4.84. The highest BCUT2D eigenvalue weighted by Crippen LogP contribution is 2.42. The lowest BCUT2D eigenvalue weighted by Crippen LogP contribution is -2.40. The molecule has 0 aliphatic carbocycles. The molecule has 3 N–H and O–H groups in total. The molecule has 3 fully saturated rings. The molecular formula is C28H31ClFN7OS. The summed E-state index contributed by atoms with van der Waals surface area (Å²) in [5.74, 6) is 1.39. The van der Waals surface area contributed by atoms with Gasteiger partial charge in [0.2, 0.25) is 0 Å². The number of nitrogens with one attached hydrogen (secondary N) is 1. The zero-order valence-electron chi connectivity index (χ0n) is 21.8. The first kappa shape index (κ1) is 25.2. The molecule has 2 aromatic carbocycles. The van der Waals surface area contributed by atoms with Crippen molar-refractivity contribution in [1.82, 2.24) is 25.2 Å². The molecular weight excluding hydrogens is 537 g/mol. The van der Waals surface area contributed by atoms with Crippen LogP contribution in [0.4, 0.5) is 15.3 Å². The van der Waals surface area contributed by atoms with Crippen LogP contribution in [0, 0.1) is 17.7 Å². The number of ether oxygens (including phenoxy) is 1. The number of halogens is 2. The van der Waals surface area contributed by atoms with Gasteiger partial charge in [0.15, 0.2) is 10.9 Å². The van der Waals surface area contributed by atoms with E-state index in [1.165, 1.54) is 11.3 Å². The highest BCUT2D eigenvalue weighted by Gasteiger charge is 2.35. The fraction of sp³-hybridized carbons (Fsp3) is 0.464. The zero-order chi connectivity index (χ0) is 26.7. The number of hydrogen-bond donors (Lipinski definition) is 2. The number of para-hydroxylation sites is 1. The molecule has 0 bridgehead atoms. The van der Waals surface area contributed by atoms with Gasteiger partial charge in [-0.05, 0) is 69.9 Å². The van der Waals surface area contributed by atoms with E-state index in [0.717, 1.165) is 56.7 Å². The molecule has 5 heterocycles. The third kappa shape index (κ3) is 4.47. The number of nitrogen functional groups attached to an aromatic ring is 1. The van der Waals surface area contributed by atoms with Crippen LogP contribution < -0.4 is 20.7 Å². The minimum Gasteiger partial charge on any atom is -0.462 e. The third-order valence-corrected chi connectivity index (χ3v) is 9.78. The topological polar surface area (TPSA) is 92.4 Å². The molecule has 0 radical (unpaired) electrons. The number of fused-ring (bicyclic) bond motifs is 3. The maximum absolute atomic E-state index is 16.6. The number of nitrogens with two attached hydrogens (primary N) is 1. The van der Waals surface area contributed by atoms with Crippen LogP contribution in [0.25, 0.3) is 32.2 Å². The molecule has 3 atom stereocenters. The molecule has 4 aromatic rings. The molecule has 0 saturated carbocycles. The van der Waals surface area contributed by atoms with Gasteiger partial charge in [0.05, 0.1) is 15.2 Å². The molecule has 204 valence electrons. The first-order valence-electron chi connectivity index (χ1n) is 13.6. The normalized spacial score (nSPS) is 23.7. The lowest BCUT2D eigenvalue weighted by atomic mass is 9.88. The molecule has 8 nitrogen and oxygen atoms in total. The van der Waals surface area contributed by atoms with E-state index in [4.69, 9.17) is 27.1 Å². The van der Waals surface area contributed by atoms with Crippen LogP contribution in [0.2, 0.25) is 5.02 Å². The Hall–Kier alpha value is -2.79. The van der Waals surface area contributed by atoms with E-state index >= 15 is 4.39 Å². The smallest absolute Gasteiger partial charge is 0.319 e. The summed E-state index contributed by atoms with van der Waals surface area (Å²) in [6.45, 7) is 5.26. The van der Waals surface area contributed by atoms with Crippen molar-refractivity contribution in [3.8, 4) is 17.1 Å². The Morgan fingerprint density at radius 2 is 2.03 bits per heavy atom. The number of rotatable bonds is 5. The second-order valence-electron chi connectivity index (χ2n) is 11.0. The Morgan fingerprint density at radius 1 is 1.15 bits per heavy atom. The highest BCUT2D eigenvalue weighted by molar-refractivity contribution is 7.22. The Bertz CT molecular complexity index is 1560. The largest absolute Gasteiger partial charge is 0.462 e. The lowest BCUT2D eigenvalue weighted by molar-refractivity contribution is 0.188. The number of benzene rings is 2. The van der Waals surface area contributed by atoms with Crippen molar-refractivity contribution in [3.05, 3.63) is 35.1 Å². The average molecular weight is 568 g/mol. The van der Waals surface area contributed by atoms with Crippen molar-refractivity contribution in [1.29, 1.82) is 0 Å². The Balaban J connectivity index is 1.36. The molecule has 3 saturated heterocycles. The SMILES string of the molecule is CN1CCC[C@H]1COc1nc(N2CCC3CNCC3C2)c2cc(Cl)c(-c3cccc4sc(N)nc34)c(F)c2n1. The molecule has 2 aromatic heterocycles. The van der Waals surface area contributed by atoms with E-state index in [2.05, 4.69) is 32.1 Å². The number of likely N-dealkylation sites (N-methyl/N-ethyl adjacent to an activating group) is 1. The number of aromatic nitrogens is 3. The predicted octanol–water partition coefficient (Wildman–Crippen LogP) is 4.80. The number of likely N-dealkylation sites (tertiary alicyclic amines) is 1. The van der Waals surface area contributed by atoms with E-state index < -0.39 is 5.82 Å². The summed E-state index contributed by atoms with van der Waals surface area (Å²) < 4.78 is 23.6. The van der Waals surface area contributed by atoms with Crippen molar-refractivity contribution in [2.45, 2.75) is 25.3 Å². The number of anilines is 2. The van der Waals surface area contributed by atoms with Crippen molar-refractivity contribution in [2.75, 3.05) is 57.0 Å². The summed E-state index contributed by atoms with van der Waals surface area (Å²) in [6, 6.07) is 7.91. The van der Waals surface area contributed by atoms with Crippen molar-refractivity contribution in [3.63, 3.8) is 0 Å². The van der Waals surface area contributed by atoms with Gasteiger partial charge in [0.25, 0.3) is 0 Å². The van der Waals surface area contributed by atoms with E-state index in [0.29, 0.717) is 56.9 Å². The molecule has 0 amide bonds. The van der Waals surface area contributed by atoms with E-state index in [1.54, 1.807) is 6.07 Å². The summed E-state index contributed by atoms with van der Waals surface area (Å²) in [6.07, 6.45) is 3.27. The van der Waals surface area contributed by atoms with Crippen LogP contribution in [-0.2, 0) is 0 Å². The number of thiazole rings is 1. The van der Waals surface area contributed by atoms with Gasteiger partial charge in [-0.3, -0.25) is 0 Å². The predicted molar refractivity (Wildman–Crippen MR) is 155 cm³/mol. The van der Waals surface area contributed by atoms with Crippen LogP contribution >= 0.6 is 22.9 Å². The molecule has 2 unspecified atom stereocenters. The van der Waals surface area contributed by atoms with E-state index in [-0.39, 0.29) is 17.1 Å². The van der Waals surface area contributed by atoms with Crippen LogP contribution in [-0.4, -0.2) is 72.3 Å². The molecule has 3 aliphatic heterocycles. The van der Waals surface area contributed by atoms with Crippen molar-refractivity contribution in [2.24, 2.45) is 11.8 Å². The monoisotopic (exact) mass is 567 g/mol. The minimum absolute atomic E-state index is 0.202. The highest BCUT2D eigenvalue weighted by atomic mass is 35.5. The Morgan fingerprint density at radius 3 is 2.87 bits per heavy atom. The summed E-state index contributed by atoms with van der Waals surface area (Å²) in [4.78, 5) is 18.5. The Kier molecular flexibility index (Phi) is 6.46. The van der Waals surface area contributed by atoms with Gasteiger partial charge >= 0.3 is 6.01 Å². The van der Waals surface area contributed by atoms with Crippen LogP contribution in [0.1, 0.15) is 19.3 Å². The fourth-order valence-corrected chi connectivity index (χ4v) is 7.52. The summed E-state index contributed by atoms with van der Waals surface area (Å²) >= 11 is 8.20. The lowest BCUT2D eigenvalue weighted by Gasteiger charge is -2.35. The second-order valence-corrected chi connectivity index (χ2v) is 12.4. The van der Waals surface area contributed by atoms with E-state index in [9.17, 15) is 0 Å². The first-order valence-corrected chi connectivity index (χ1v) is 14.8. The van der Waals surface area contributed by atoms with Crippen LogP contribution in [0.3, 0.4) is 0 Å². The molecule has 7 rings (SSSR count). The van der Waals surface area contributed by atoms with Gasteiger partial charge in [-0.25, -0.2) is 9.37 Å².